The molecule has 0 radical (unpaired) electrons. The SMILES string of the molecule is C[C@@H](C(N)=O)n1c(=O)sc2cc(Br)ccc21. The van der Waals surface area contributed by atoms with Crippen LogP contribution in [0.2, 0.25) is 0 Å². The van der Waals surface area contributed by atoms with Crippen molar-refractivity contribution < 1.29 is 4.79 Å². The fraction of sp³-hybridized carbons (Fsp3) is 0.200. The minimum atomic E-state index is -0.623. The number of nitrogens with zero attached hydrogens (tertiary/aromatic N) is 1. The first-order chi connectivity index (χ1) is 7.50. The fourth-order valence-corrected chi connectivity index (χ4v) is 3.02. The summed E-state index contributed by atoms with van der Waals surface area (Å²) in [5, 5.41) is 0. The van der Waals surface area contributed by atoms with E-state index in [4.69, 9.17) is 5.73 Å². The van der Waals surface area contributed by atoms with Crippen LogP contribution < -0.4 is 10.6 Å². The molecule has 4 nitrogen and oxygen atoms in total. The minimum Gasteiger partial charge on any atom is -0.368 e. The van der Waals surface area contributed by atoms with Gasteiger partial charge in [0.1, 0.15) is 6.04 Å². The molecule has 84 valence electrons. The molecule has 0 aliphatic heterocycles. The van der Waals surface area contributed by atoms with E-state index in [1.807, 2.05) is 12.1 Å². The molecule has 1 atom stereocenters. The summed E-state index contributed by atoms with van der Waals surface area (Å²) in [6.45, 7) is 1.62. The van der Waals surface area contributed by atoms with Gasteiger partial charge in [-0.2, -0.15) is 0 Å². The van der Waals surface area contributed by atoms with Gasteiger partial charge in [0.25, 0.3) is 0 Å². The molecule has 1 amide bonds. The highest BCUT2D eigenvalue weighted by Crippen LogP contribution is 2.24. The number of rotatable bonds is 2. The molecule has 6 heteroatoms. The van der Waals surface area contributed by atoms with Crippen molar-refractivity contribution in [2.45, 2.75) is 13.0 Å². The van der Waals surface area contributed by atoms with E-state index in [9.17, 15) is 9.59 Å². The molecule has 2 N–H and O–H groups in total. The molecule has 0 bridgehead atoms. The molecule has 2 aromatic rings. The zero-order valence-corrected chi connectivity index (χ0v) is 10.8. The van der Waals surface area contributed by atoms with Gasteiger partial charge in [0.05, 0.1) is 10.2 Å². The van der Waals surface area contributed by atoms with E-state index >= 15 is 0 Å². The maximum absolute atomic E-state index is 11.8. The highest BCUT2D eigenvalue weighted by Gasteiger charge is 2.17. The van der Waals surface area contributed by atoms with E-state index in [-0.39, 0.29) is 4.87 Å². The molecule has 0 aliphatic rings. The lowest BCUT2D eigenvalue weighted by molar-refractivity contribution is -0.120. The second kappa shape index (κ2) is 4.03. The molecule has 0 saturated heterocycles. The Bertz CT molecular complexity index is 617. The second-order valence-electron chi connectivity index (χ2n) is 3.43. The molecule has 0 fully saturated rings. The number of hydrogen-bond acceptors (Lipinski definition) is 3. The molecule has 0 spiro atoms. The summed E-state index contributed by atoms with van der Waals surface area (Å²) in [6.07, 6.45) is 0. The summed E-state index contributed by atoms with van der Waals surface area (Å²) in [6, 6.07) is 4.86. The van der Waals surface area contributed by atoms with Crippen molar-refractivity contribution in [2.24, 2.45) is 5.73 Å². The van der Waals surface area contributed by atoms with Crippen LogP contribution in [0.3, 0.4) is 0 Å². The van der Waals surface area contributed by atoms with Crippen molar-refractivity contribution in [3.63, 3.8) is 0 Å². The van der Waals surface area contributed by atoms with Gasteiger partial charge in [0.2, 0.25) is 5.91 Å². The van der Waals surface area contributed by atoms with Gasteiger partial charge in [-0.3, -0.25) is 14.2 Å². The number of nitrogens with two attached hydrogens (primary N) is 1. The van der Waals surface area contributed by atoms with Gasteiger partial charge in [-0.25, -0.2) is 0 Å². The minimum absolute atomic E-state index is 0.167. The van der Waals surface area contributed by atoms with Crippen LogP contribution in [0.1, 0.15) is 13.0 Å². The number of primary amides is 1. The molecule has 1 aromatic carbocycles. The first kappa shape index (κ1) is 11.3. The maximum atomic E-state index is 11.8. The molecular weight excluding hydrogens is 292 g/mol. The maximum Gasteiger partial charge on any atom is 0.308 e. The van der Waals surface area contributed by atoms with Gasteiger partial charge in [-0.05, 0) is 25.1 Å². The van der Waals surface area contributed by atoms with Crippen LogP contribution in [0.4, 0.5) is 0 Å². The van der Waals surface area contributed by atoms with Crippen LogP contribution in [-0.4, -0.2) is 10.5 Å². The van der Waals surface area contributed by atoms with Crippen molar-refractivity contribution in [3.05, 3.63) is 32.3 Å². The number of fused-ring (bicyclic) bond motifs is 1. The fourth-order valence-electron chi connectivity index (χ4n) is 1.50. The monoisotopic (exact) mass is 300 g/mol. The Morgan fingerprint density at radius 1 is 1.56 bits per heavy atom. The molecule has 0 aliphatic carbocycles. The highest BCUT2D eigenvalue weighted by molar-refractivity contribution is 9.10. The van der Waals surface area contributed by atoms with Crippen LogP contribution >= 0.6 is 27.3 Å². The number of benzene rings is 1. The normalized spacial score (nSPS) is 12.9. The highest BCUT2D eigenvalue weighted by atomic mass is 79.9. The summed E-state index contributed by atoms with van der Waals surface area (Å²) in [4.78, 5) is 22.7. The van der Waals surface area contributed by atoms with Crippen molar-refractivity contribution in [3.8, 4) is 0 Å². The quantitative estimate of drug-likeness (QED) is 0.920. The van der Waals surface area contributed by atoms with Crippen molar-refractivity contribution in [1.82, 2.24) is 4.57 Å². The number of hydrogen-bond donors (Lipinski definition) is 1. The van der Waals surface area contributed by atoms with E-state index in [2.05, 4.69) is 15.9 Å². The second-order valence-corrected chi connectivity index (χ2v) is 5.34. The average molecular weight is 301 g/mol. The summed E-state index contributed by atoms with van der Waals surface area (Å²) in [5.74, 6) is -0.510. The summed E-state index contributed by atoms with van der Waals surface area (Å²) >= 11 is 4.44. The predicted octanol–water partition coefficient (Wildman–Crippen LogP) is 1.87. The van der Waals surface area contributed by atoms with E-state index in [1.54, 1.807) is 13.0 Å². The first-order valence-electron chi connectivity index (χ1n) is 4.60. The van der Waals surface area contributed by atoms with Gasteiger partial charge in [-0.1, -0.05) is 27.3 Å². The van der Waals surface area contributed by atoms with Crippen LogP contribution in [-0.2, 0) is 4.79 Å². The van der Waals surface area contributed by atoms with Gasteiger partial charge in [0, 0.05) is 4.47 Å². The van der Waals surface area contributed by atoms with Crippen LogP contribution in [0, 0.1) is 0 Å². The molecule has 2 rings (SSSR count). The molecule has 0 saturated carbocycles. The number of aromatic nitrogens is 1. The number of carbonyl (C=O) groups is 1. The number of halogens is 1. The smallest absolute Gasteiger partial charge is 0.308 e. The number of amides is 1. The third-order valence-electron chi connectivity index (χ3n) is 2.37. The molecular formula is C10H9BrN2O2S. The molecule has 1 aromatic heterocycles. The van der Waals surface area contributed by atoms with Gasteiger partial charge in [-0.15, -0.1) is 0 Å². The Morgan fingerprint density at radius 3 is 2.88 bits per heavy atom. The molecule has 0 unspecified atom stereocenters. The zero-order chi connectivity index (χ0) is 11.9. The molecule has 16 heavy (non-hydrogen) atoms. The van der Waals surface area contributed by atoms with Crippen LogP contribution in [0.15, 0.2) is 27.5 Å². The summed E-state index contributed by atoms with van der Waals surface area (Å²) in [7, 11) is 0. The van der Waals surface area contributed by atoms with Crippen molar-refractivity contribution in [1.29, 1.82) is 0 Å². The van der Waals surface area contributed by atoms with Crippen LogP contribution in [0.25, 0.3) is 10.2 Å². The number of thiazole rings is 1. The lowest BCUT2D eigenvalue weighted by Gasteiger charge is -2.09. The standard InChI is InChI=1S/C10H9BrN2O2S/c1-5(9(12)14)13-7-3-2-6(11)4-8(7)16-10(13)15/h2-5H,1H3,(H2,12,14)/t5-/m0/s1. The summed E-state index contributed by atoms with van der Waals surface area (Å²) in [5.41, 5.74) is 5.95. The average Bonchev–Trinajstić information content (AvgIpc) is 2.51. The lowest BCUT2D eigenvalue weighted by atomic mass is 10.3. The van der Waals surface area contributed by atoms with Gasteiger partial charge < -0.3 is 5.73 Å². The van der Waals surface area contributed by atoms with E-state index in [0.29, 0.717) is 0 Å². The Hall–Kier alpha value is -1.14. The largest absolute Gasteiger partial charge is 0.368 e. The third-order valence-corrected chi connectivity index (χ3v) is 3.79. The van der Waals surface area contributed by atoms with Gasteiger partial charge in [0.15, 0.2) is 0 Å². The van der Waals surface area contributed by atoms with Crippen LogP contribution in [0.5, 0.6) is 0 Å². The zero-order valence-electron chi connectivity index (χ0n) is 8.44. The Kier molecular flexibility index (Phi) is 2.86. The predicted molar refractivity (Wildman–Crippen MR) is 67.7 cm³/mol. The molecule has 1 heterocycles. The van der Waals surface area contributed by atoms with Crippen molar-refractivity contribution in [2.75, 3.05) is 0 Å². The van der Waals surface area contributed by atoms with Gasteiger partial charge >= 0.3 is 4.87 Å². The Labute approximate surface area is 104 Å². The summed E-state index contributed by atoms with van der Waals surface area (Å²) < 4.78 is 3.17. The van der Waals surface area contributed by atoms with Crippen molar-refractivity contribution >= 4 is 43.4 Å². The first-order valence-corrected chi connectivity index (χ1v) is 6.21. The van der Waals surface area contributed by atoms with E-state index in [1.165, 1.54) is 4.57 Å². The number of carbonyl (C=O) groups excluding carboxylic acids is 1. The topological polar surface area (TPSA) is 65.1 Å². The Balaban J connectivity index is 2.74. The van der Waals surface area contributed by atoms with E-state index in [0.717, 1.165) is 26.0 Å². The lowest BCUT2D eigenvalue weighted by Crippen LogP contribution is -2.29. The van der Waals surface area contributed by atoms with E-state index < -0.39 is 11.9 Å². The third kappa shape index (κ3) is 1.78. The Morgan fingerprint density at radius 2 is 2.25 bits per heavy atom.